The summed E-state index contributed by atoms with van der Waals surface area (Å²) in [6, 6.07) is 3.40. The molecule has 1 aromatic rings. The zero-order valence-electron chi connectivity index (χ0n) is 17.7. The number of hydrogen-bond donors (Lipinski definition) is 2. The lowest BCUT2D eigenvalue weighted by Gasteiger charge is -2.35. The molecule has 0 aliphatic heterocycles. The summed E-state index contributed by atoms with van der Waals surface area (Å²) in [5.74, 6) is 0.385. The van der Waals surface area contributed by atoms with Gasteiger partial charge in [-0.1, -0.05) is 25.7 Å². The fourth-order valence-corrected chi connectivity index (χ4v) is 3.30. The topological polar surface area (TPSA) is 96.5 Å². The van der Waals surface area contributed by atoms with E-state index in [1.165, 1.54) is 0 Å². The summed E-state index contributed by atoms with van der Waals surface area (Å²) < 4.78 is 5.44. The second kappa shape index (κ2) is 9.21. The first-order valence-corrected chi connectivity index (χ1v) is 9.91. The van der Waals surface area contributed by atoms with Crippen molar-refractivity contribution in [2.75, 3.05) is 25.5 Å². The maximum atomic E-state index is 12.5. The van der Waals surface area contributed by atoms with Crippen molar-refractivity contribution in [3.8, 4) is 0 Å². The van der Waals surface area contributed by atoms with Crippen LogP contribution < -0.4 is 15.5 Å². The summed E-state index contributed by atoms with van der Waals surface area (Å²) in [6.45, 7) is 5.85. The van der Waals surface area contributed by atoms with Crippen molar-refractivity contribution in [3.05, 3.63) is 17.8 Å². The van der Waals surface area contributed by atoms with Crippen molar-refractivity contribution in [2.45, 2.75) is 70.4 Å². The third kappa shape index (κ3) is 6.65. The van der Waals surface area contributed by atoms with Gasteiger partial charge in [0.15, 0.2) is 11.5 Å². The number of amides is 2. The van der Waals surface area contributed by atoms with Crippen molar-refractivity contribution in [3.63, 3.8) is 0 Å². The second-order valence-electron chi connectivity index (χ2n) is 8.68. The van der Waals surface area contributed by atoms with E-state index in [9.17, 15) is 9.59 Å². The lowest BCUT2D eigenvalue weighted by Crippen LogP contribution is -2.56. The van der Waals surface area contributed by atoms with Crippen molar-refractivity contribution in [2.24, 2.45) is 0 Å². The molecule has 156 valence electrons. The van der Waals surface area contributed by atoms with E-state index in [1.54, 1.807) is 12.1 Å². The molecule has 2 N–H and O–H groups in total. The maximum absolute atomic E-state index is 12.5. The van der Waals surface area contributed by atoms with Gasteiger partial charge in [-0.25, -0.2) is 4.79 Å². The maximum Gasteiger partial charge on any atom is 0.408 e. The molecule has 1 aromatic heterocycles. The number of aromatic nitrogens is 2. The van der Waals surface area contributed by atoms with Gasteiger partial charge < -0.3 is 20.3 Å². The average Bonchev–Trinajstić information content (AvgIpc) is 2.84. The molecule has 0 aromatic carbocycles. The molecule has 0 saturated heterocycles. The third-order valence-electron chi connectivity index (χ3n) is 4.76. The minimum absolute atomic E-state index is 0.256. The molecular formula is C20H33N5O3. The van der Waals surface area contributed by atoms with Gasteiger partial charge in [-0.05, 0) is 45.7 Å². The van der Waals surface area contributed by atoms with Crippen molar-refractivity contribution in [1.82, 2.24) is 20.8 Å². The predicted molar refractivity (Wildman–Crippen MR) is 108 cm³/mol. The normalized spacial score (nSPS) is 16.6. The molecule has 0 unspecified atom stereocenters. The Balaban J connectivity index is 2.05. The molecule has 1 fully saturated rings. The van der Waals surface area contributed by atoms with Gasteiger partial charge in [0.25, 0.3) is 5.91 Å². The third-order valence-corrected chi connectivity index (χ3v) is 4.76. The molecule has 8 heteroatoms. The SMILES string of the molecule is CN(C)c1ccc(C(=O)NCC2(NC(=O)OC(C)(C)C)CCCCCC2)nn1. The number of nitrogens with one attached hydrogen (secondary N) is 2. The van der Waals surface area contributed by atoms with Crippen LogP contribution in [0.1, 0.15) is 69.8 Å². The predicted octanol–water partition coefficient (Wildman–Crippen LogP) is 2.89. The largest absolute Gasteiger partial charge is 0.444 e. The molecule has 2 amide bonds. The van der Waals surface area contributed by atoms with Crippen LogP contribution in [0.4, 0.5) is 10.6 Å². The molecule has 1 aliphatic carbocycles. The molecule has 0 radical (unpaired) electrons. The number of carbonyl (C=O) groups is 2. The highest BCUT2D eigenvalue weighted by molar-refractivity contribution is 5.92. The first-order valence-electron chi connectivity index (χ1n) is 9.91. The number of alkyl carbamates (subject to hydrolysis) is 1. The Morgan fingerprint density at radius 2 is 1.75 bits per heavy atom. The summed E-state index contributed by atoms with van der Waals surface area (Å²) in [5.41, 5.74) is -0.819. The van der Waals surface area contributed by atoms with Gasteiger partial charge in [0, 0.05) is 20.6 Å². The van der Waals surface area contributed by atoms with E-state index in [0.717, 1.165) is 38.5 Å². The Labute approximate surface area is 167 Å². The quantitative estimate of drug-likeness (QED) is 0.749. The van der Waals surface area contributed by atoms with Gasteiger partial charge in [0.1, 0.15) is 5.60 Å². The number of ether oxygens (including phenoxy) is 1. The fourth-order valence-electron chi connectivity index (χ4n) is 3.30. The highest BCUT2D eigenvalue weighted by Crippen LogP contribution is 2.27. The Morgan fingerprint density at radius 3 is 2.25 bits per heavy atom. The first kappa shape index (κ1) is 21.9. The van der Waals surface area contributed by atoms with Gasteiger partial charge in [-0.3, -0.25) is 4.79 Å². The standard InChI is InChI=1S/C20H33N5O3/c1-19(2,3)28-18(27)22-20(12-8-6-7-9-13-20)14-21-17(26)15-10-11-16(24-23-15)25(4)5/h10-11H,6-9,12-14H2,1-5H3,(H,21,26)(H,22,27). The minimum atomic E-state index is -0.566. The monoisotopic (exact) mass is 391 g/mol. The summed E-state index contributed by atoms with van der Waals surface area (Å²) in [4.78, 5) is 26.7. The van der Waals surface area contributed by atoms with Crippen LogP contribution in [0, 0.1) is 0 Å². The summed E-state index contributed by atoms with van der Waals surface area (Å²) in [7, 11) is 3.73. The fraction of sp³-hybridized carbons (Fsp3) is 0.700. The highest BCUT2D eigenvalue weighted by Gasteiger charge is 2.34. The van der Waals surface area contributed by atoms with Crippen LogP contribution in [0.3, 0.4) is 0 Å². The van der Waals surface area contributed by atoms with Gasteiger partial charge >= 0.3 is 6.09 Å². The van der Waals surface area contributed by atoms with E-state index in [-0.39, 0.29) is 11.6 Å². The zero-order valence-corrected chi connectivity index (χ0v) is 17.7. The summed E-state index contributed by atoms with van der Waals surface area (Å²) in [5, 5.41) is 14.0. The Morgan fingerprint density at radius 1 is 1.11 bits per heavy atom. The number of nitrogens with zero attached hydrogens (tertiary/aromatic N) is 3. The number of hydrogen-bond acceptors (Lipinski definition) is 6. The van der Waals surface area contributed by atoms with Gasteiger partial charge in [0.2, 0.25) is 0 Å². The zero-order chi connectivity index (χ0) is 20.8. The smallest absolute Gasteiger partial charge is 0.408 e. The van der Waals surface area contributed by atoms with E-state index >= 15 is 0 Å². The van der Waals surface area contributed by atoms with Crippen LogP contribution in [0.5, 0.6) is 0 Å². The summed E-state index contributed by atoms with van der Waals surface area (Å²) >= 11 is 0. The molecule has 1 heterocycles. The van der Waals surface area contributed by atoms with E-state index in [2.05, 4.69) is 20.8 Å². The second-order valence-corrected chi connectivity index (χ2v) is 8.68. The average molecular weight is 392 g/mol. The molecule has 28 heavy (non-hydrogen) atoms. The molecule has 0 atom stereocenters. The van der Waals surface area contributed by atoms with Gasteiger partial charge in [-0.15, -0.1) is 10.2 Å². The molecule has 1 saturated carbocycles. The van der Waals surface area contributed by atoms with Crippen molar-refractivity contribution >= 4 is 17.8 Å². The summed E-state index contributed by atoms with van der Waals surface area (Å²) in [6.07, 6.45) is 5.42. The number of carbonyl (C=O) groups excluding carboxylic acids is 2. The van der Waals surface area contributed by atoms with Crippen LogP contribution in [0.2, 0.25) is 0 Å². The van der Waals surface area contributed by atoms with Crippen LogP contribution in [0.15, 0.2) is 12.1 Å². The Kier molecular flexibility index (Phi) is 7.21. The lowest BCUT2D eigenvalue weighted by atomic mass is 9.90. The Bertz CT molecular complexity index is 659. The van der Waals surface area contributed by atoms with Crippen LogP contribution >= 0.6 is 0 Å². The molecule has 1 aliphatic rings. The van der Waals surface area contributed by atoms with E-state index in [0.29, 0.717) is 12.4 Å². The van der Waals surface area contributed by atoms with Gasteiger partial charge in [-0.2, -0.15) is 0 Å². The van der Waals surface area contributed by atoms with Crippen LogP contribution in [-0.2, 0) is 4.74 Å². The highest BCUT2D eigenvalue weighted by atomic mass is 16.6. The van der Waals surface area contributed by atoms with Crippen molar-refractivity contribution < 1.29 is 14.3 Å². The molecule has 8 nitrogen and oxygen atoms in total. The van der Waals surface area contributed by atoms with Crippen LogP contribution in [-0.4, -0.2) is 54.0 Å². The van der Waals surface area contributed by atoms with E-state index in [1.807, 2.05) is 39.8 Å². The van der Waals surface area contributed by atoms with Gasteiger partial charge in [0.05, 0.1) is 5.54 Å². The van der Waals surface area contributed by atoms with Crippen LogP contribution in [0.25, 0.3) is 0 Å². The Hall–Kier alpha value is -2.38. The first-order chi connectivity index (χ1) is 13.1. The molecule has 2 rings (SSSR count). The molecular weight excluding hydrogens is 358 g/mol. The number of anilines is 1. The van der Waals surface area contributed by atoms with Crippen molar-refractivity contribution in [1.29, 1.82) is 0 Å². The molecule has 0 bridgehead atoms. The molecule has 0 spiro atoms. The van der Waals surface area contributed by atoms with E-state index in [4.69, 9.17) is 4.74 Å². The van der Waals surface area contributed by atoms with E-state index < -0.39 is 17.2 Å². The lowest BCUT2D eigenvalue weighted by molar-refractivity contribution is 0.0437. The minimum Gasteiger partial charge on any atom is -0.444 e. The number of rotatable bonds is 5.